The number of hydrogen-bond donors (Lipinski definition) is 1. The van der Waals surface area contributed by atoms with Crippen LogP contribution < -0.4 is 20.5 Å². The van der Waals surface area contributed by atoms with E-state index in [2.05, 4.69) is 15.3 Å². The van der Waals surface area contributed by atoms with Gasteiger partial charge in [-0.1, -0.05) is 12.8 Å². The van der Waals surface area contributed by atoms with Crippen LogP contribution in [0.25, 0.3) is 0 Å². The number of benzene rings is 1. The predicted molar refractivity (Wildman–Crippen MR) is 119 cm³/mol. The highest BCUT2D eigenvalue weighted by atomic mass is 16.6. The van der Waals surface area contributed by atoms with Crippen LogP contribution in [0.4, 0.5) is 5.69 Å². The quantitative estimate of drug-likeness (QED) is 0.766. The molecule has 0 atom stereocenters. The zero-order valence-corrected chi connectivity index (χ0v) is 18.6. The van der Waals surface area contributed by atoms with Gasteiger partial charge in [-0.3, -0.25) is 14.3 Å². The van der Waals surface area contributed by atoms with Gasteiger partial charge in [0.25, 0.3) is 0 Å². The molecule has 172 valence electrons. The van der Waals surface area contributed by atoms with E-state index >= 15 is 0 Å². The molecular weight excluding hydrogens is 410 g/mol. The first-order valence-corrected chi connectivity index (χ1v) is 11.7. The summed E-state index contributed by atoms with van der Waals surface area (Å²) < 4.78 is 14.6. The lowest BCUT2D eigenvalue weighted by molar-refractivity contribution is -0.117. The molecule has 3 heterocycles. The molecule has 1 saturated heterocycles. The number of carbonyl (C=O) groups excluding carboxylic acids is 1. The second-order valence-electron chi connectivity index (χ2n) is 9.03. The number of anilines is 1. The Balaban J connectivity index is 1.17. The molecule has 1 aromatic heterocycles. The molecule has 1 aliphatic carbocycles. The van der Waals surface area contributed by atoms with E-state index in [0.29, 0.717) is 43.0 Å². The van der Waals surface area contributed by atoms with Crippen molar-refractivity contribution < 1.29 is 14.3 Å². The lowest BCUT2D eigenvalue weighted by Crippen LogP contribution is -2.39. The Morgan fingerprint density at radius 2 is 1.81 bits per heavy atom. The molecule has 2 fully saturated rings. The van der Waals surface area contributed by atoms with E-state index in [0.717, 1.165) is 44.6 Å². The average Bonchev–Trinajstić information content (AvgIpc) is 3.42. The molecule has 1 N–H and O–H groups in total. The highest BCUT2D eigenvalue weighted by molar-refractivity contribution is 5.92. The van der Waals surface area contributed by atoms with Crippen LogP contribution in [-0.2, 0) is 11.8 Å². The number of aromatic nitrogens is 3. The number of carbonyl (C=O) groups is 1. The molecule has 0 unspecified atom stereocenters. The number of nitrogens with one attached hydrogen (secondary N) is 1. The molecule has 9 heteroatoms. The number of likely N-dealkylation sites (tertiary alicyclic amines) is 1. The molecule has 32 heavy (non-hydrogen) atoms. The Bertz CT molecular complexity index is 1030. The summed E-state index contributed by atoms with van der Waals surface area (Å²) in [5.41, 5.74) is 0.719. The third-order valence-corrected chi connectivity index (χ3v) is 6.82. The van der Waals surface area contributed by atoms with Crippen LogP contribution in [-0.4, -0.2) is 58.0 Å². The van der Waals surface area contributed by atoms with Crippen molar-refractivity contribution in [3.63, 3.8) is 0 Å². The Labute approximate surface area is 187 Å². The van der Waals surface area contributed by atoms with Gasteiger partial charge in [0.1, 0.15) is 19.0 Å². The van der Waals surface area contributed by atoms with Gasteiger partial charge in [-0.15, -0.1) is 0 Å². The normalized spacial score (nSPS) is 19.9. The molecule has 9 nitrogen and oxygen atoms in total. The first-order chi connectivity index (χ1) is 15.6. The Kier molecular flexibility index (Phi) is 5.91. The van der Waals surface area contributed by atoms with Gasteiger partial charge in [0.15, 0.2) is 11.5 Å². The Morgan fingerprint density at radius 1 is 1.09 bits per heavy atom. The molecule has 2 aliphatic heterocycles. The minimum Gasteiger partial charge on any atom is -0.486 e. The molecule has 0 radical (unpaired) electrons. The van der Waals surface area contributed by atoms with Gasteiger partial charge < -0.3 is 14.8 Å². The minimum absolute atomic E-state index is 0.00753. The van der Waals surface area contributed by atoms with Crippen molar-refractivity contribution in [2.45, 2.75) is 50.5 Å². The van der Waals surface area contributed by atoms with Crippen molar-refractivity contribution in [3.8, 4) is 11.5 Å². The molecule has 2 aromatic rings. The number of aryl methyl sites for hydroxylation is 1. The first-order valence-electron chi connectivity index (χ1n) is 11.7. The lowest BCUT2D eigenvalue weighted by atomic mass is 9.95. The van der Waals surface area contributed by atoms with E-state index in [-0.39, 0.29) is 17.5 Å². The molecule has 0 spiro atoms. The summed E-state index contributed by atoms with van der Waals surface area (Å²) in [5, 5.41) is 7.56. The van der Waals surface area contributed by atoms with E-state index in [9.17, 15) is 9.59 Å². The number of rotatable bonds is 5. The van der Waals surface area contributed by atoms with Gasteiger partial charge in [-0.25, -0.2) is 9.48 Å². The summed E-state index contributed by atoms with van der Waals surface area (Å²) in [4.78, 5) is 27.4. The molecule has 1 saturated carbocycles. The number of fused-ring (bicyclic) bond motifs is 1. The second-order valence-corrected chi connectivity index (χ2v) is 9.03. The number of nitrogens with zero attached hydrogens (tertiary/aromatic N) is 4. The maximum Gasteiger partial charge on any atom is 0.345 e. The Morgan fingerprint density at radius 3 is 2.56 bits per heavy atom. The average molecular weight is 442 g/mol. The largest absolute Gasteiger partial charge is 0.486 e. The topological polar surface area (TPSA) is 90.6 Å². The van der Waals surface area contributed by atoms with Gasteiger partial charge in [-0.2, -0.15) is 5.10 Å². The summed E-state index contributed by atoms with van der Waals surface area (Å²) in [6.07, 6.45) is 6.31. The number of ether oxygens (including phenoxy) is 2. The van der Waals surface area contributed by atoms with Crippen molar-refractivity contribution in [1.29, 1.82) is 0 Å². The van der Waals surface area contributed by atoms with E-state index in [1.54, 1.807) is 7.05 Å². The van der Waals surface area contributed by atoms with Crippen molar-refractivity contribution in [3.05, 3.63) is 34.5 Å². The van der Waals surface area contributed by atoms with Crippen molar-refractivity contribution in [2.24, 2.45) is 7.05 Å². The number of hydrogen-bond acceptors (Lipinski definition) is 6. The molecule has 1 aromatic carbocycles. The van der Waals surface area contributed by atoms with Crippen molar-refractivity contribution in [2.75, 3.05) is 38.2 Å². The van der Waals surface area contributed by atoms with E-state index in [1.165, 1.54) is 17.5 Å². The van der Waals surface area contributed by atoms with Crippen LogP contribution in [0.15, 0.2) is 23.0 Å². The fourth-order valence-corrected chi connectivity index (χ4v) is 5.16. The summed E-state index contributed by atoms with van der Waals surface area (Å²) in [5.74, 6) is 2.53. The van der Waals surface area contributed by atoms with Crippen LogP contribution >= 0.6 is 0 Å². The SMILES string of the molecule is Cn1nc(C2CCN(CC(=O)Nc3ccc4c(c3)OCCO4)CC2)n(C2CCCC2)c1=O. The molecule has 5 rings (SSSR count). The fraction of sp³-hybridized carbons (Fsp3) is 0.609. The highest BCUT2D eigenvalue weighted by Gasteiger charge is 2.30. The summed E-state index contributed by atoms with van der Waals surface area (Å²) >= 11 is 0. The van der Waals surface area contributed by atoms with Crippen LogP contribution in [0.5, 0.6) is 11.5 Å². The molecule has 3 aliphatic rings. The first kappa shape index (κ1) is 21.1. The lowest BCUT2D eigenvalue weighted by Gasteiger charge is -2.31. The second kappa shape index (κ2) is 8.97. The standard InChI is InChI=1S/C23H31N5O4/c1-26-23(30)28(18-4-2-3-5-18)22(25-26)16-8-10-27(11-9-16)15-21(29)24-17-6-7-19-20(14-17)32-13-12-31-19/h6-7,14,16,18H,2-5,8-13,15H2,1H3,(H,24,29). The smallest absolute Gasteiger partial charge is 0.345 e. The summed E-state index contributed by atoms with van der Waals surface area (Å²) in [6.45, 7) is 3.04. The molecule has 0 bridgehead atoms. The van der Waals surface area contributed by atoms with Crippen LogP contribution in [0, 0.1) is 0 Å². The molecule has 1 amide bonds. The van der Waals surface area contributed by atoms with E-state index < -0.39 is 0 Å². The summed E-state index contributed by atoms with van der Waals surface area (Å²) in [6, 6.07) is 5.76. The van der Waals surface area contributed by atoms with Gasteiger partial charge in [0.05, 0.1) is 6.54 Å². The number of piperidine rings is 1. The van der Waals surface area contributed by atoms with Crippen LogP contribution in [0.2, 0.25) is 0 Å². The monoisotopic (exact) mass is 441 g/mol. The highest BCUT2D eigenvalue weighted by Crippen LogP contribution is 2.34. The maximum absolute atomic E-state index is 12.7. The van der Waals surface area contributed by atoms with Crippen LogP contribution in [0.1, 0.15) is 56.3 Å². The number of amides is 1. The molecular formula is C23H31N5O4. The third-order valence-electron chi connectivity index (χ3n) is 6.82. The van der Waals surface area contributed by atoms with Crippen molar-refractivity contribution >= 4 is 11.6 Å². The fourth-order valence-electron chi connectivity index (χ4n) is 5.16. The van der Waals surface area contributed by atoms with Crippen LogP contribution in [0.3, 0.4) is 0 Å². The Hall–Kier alpha value is -2.81. The van der Waals surface area contributed by atoms with Gasteiger partial charge in [0.2, 0.25) is 5.91 Å². The van der Waals surface area contributed by atoms with Gasteiger partial charge >= 0.3 is 5.69 Å². The van der Waals surface area contributed by atoms with Crippen molar-refractivity contribution in [1.82, 2.24) is 19.2 Å². The maximum atomic E-state index is 12.7. The zero-order chi connectivity index (χ0) is 22.1. The zero-order valence-electron chi connectivity index (χ0n) is 18.6. The van der Waals surface area contributed by atoms with Gasteiger partial charge in [0, 0.05) is 30.8 Å². The van der Waals surface area contributed by atoms with E-state index in [4.69, 9.17) is 9.47 Å². The third kappa shape index (κ3) is 4.26. The van der Waals surface area contributed by atoms with E-state index in [1.807, 2.05) is 22.8 Å². The minimum atomic E-state index is -0.0409. The summed E-state index contributed by atoms with van der Waals surface area (Å²) in [7, 11) is 1.74. The van der Waals surface area contributed by atoms with Gasteiger partial charge in [-0.05, 0) is 50.9 Å². The predicted octanol–water partition coefficient (Wildman–Crippen LogP) is 2.29.